The van der Waals surface area contributed by atoms with E-state index in [4.69, 9.17) is 15.9 Å². The predicted octanol–water partition coefficient (Wildman–Crippen LogP) is -2.22. The van der Waals surface area contributed by atoms with Gasteiger partial charge < -0.3 is 31.5 Å². The van der Waals surface area contributed by atoms with Gasteiger partial charge in [0.25, 0.3) is 0 Å². The third kappa shape index (κ3) is 6.40. The van der Waals surface area contributed by atoms with Crippen molar-refractivity contribution in [2.45, 2.75) is 50.4 Å². The molecule has 1 aliphatic heterocycles. The molecule has 4 atom stereocenters. The zero-order valence-electron chi connectivity index (χ0n) is 14.8. The van der Waals surface area contributed by atoms with Gasteiger partial charge in [-0.25, -0.2) is 4.79 Å². The summed E-state index contributed by atoms with van der Waals surface area (Å²) in [4.78, 5) is 59.9. The first-order valence-corrected chi connectivity index (χ1v) is 8.94. The molecule has 0 bridgehead atoms. The van der Waals surface area contributed by atoms with Crippen LogP contribution in [0, 0.1) is 0 Å². The van der Waals surface area contributed by atoms with Crippen LogP contribution < -0.4 is 16.4 Å². The van der Waals surface area contributed by atoms with E-state index in [0.29, 0.717) is 12.8 Å². The number of nitrogens with two attached hydrogens (primary N) is 1. The van der Waals surface area contributed by atoms with Crippen LogP contribution in [0.2, 0.25) is 0 Å². The molecule has 1 rings (SSSR count). The lowest BCUT2D eigenvalue weighted by molar-refractivity contribution is -0.149. The molecular weight excluding hydrogens is 380 g/mol. The second kappa shape index (κ2) is 10.1. The third-order valence-electron chi connectivity index (χ3n) is 4.10. The lowest BCUT2D eigenvalue weighted by Crippen LogP contribution is -2.57. The number of aliphatic carboxylic acids is 2. The molecule has 0 spiro atoms. The second-order valence-corrected chi connectivity index (χ2v) is 6.57. The van der Waals surface area contributed by atoms with Crippen LogP contribution in [0.3, 0.4) is 0 Å². The smallest absolute Gasteiger partial charge is 0.326 e. The Morgan fingerprint density at radius 2 is 1.81 bits per heavy atom. The maximum Gasteiger partial charge on any atom is 0.326 e. The van der Waals surface area contributed by atoms with Crippen LogP contribution in [0.15, 0.2) is 0 Å². The van der Waals surface area contributed by atoms with Gasteiger partial charge in [0.2, 0.25) is 17.7 Å². The van der Waals surface area contributed by atoms with Crippen LogP contribution >= 0.6 is 12.6 Å². The molecule has 0 aliphatic carbocycles. The summed E-state index contributed by atoms with van der Waals surface area (Å²) in [6, 6.07) is -4.52. The van der Waals surface area contributed by atoms with Gasteiger partial charge in [0, 0.05) is 12.3 Å². The van der Waals surface area contributed by atoms with Crippen LogP contribution in [0.25, 0.3) is 0 Å². The summed E-state index contributed by atoms with van der Waals surface area (Å²) in [6.07, 6.45) is 0.142. The highest BCUT2D eigenvalue weighted by Gasteiger charge is 2.37. The van der Waals surface area contributed by atoms with Crippen LogP contribution in [-0.2, 0) is 24.0 Å². The van der Waals surface area contributed by atoms with E-state index in [1.807, 2.05) is 0 Å². The first kappa shape index (κ1) is 22.7. The number of carboxylic acid groups (broad SMARTS) is 2. The lowest BCUT2D eigenvalue weighted by Gasteiger charge is -2.26. The summed E-state index contributed by atoms with van der Waals surface area (Å²) in [5.41, 5.74) is 5.49. The van der Waals surface area contributed by atoms with E-state index in [9.17, 15) is 24.0 Å². The van der Waals surface area contributed by atoms with E-state index in [-0.39, 0.29) is 12.3 Å². The van der Waals surface area contributed by atoms with Crippen LogP contribution in [0.5, 0.6) is 0 Å². The number of rotatable bonds is 9. The Morgan fingerprint density at radius 3 is 2.33 bits per heavy atom. The molecule has 0 aromatic heterocycles. The number of carbonyl (C=O) groups excluding carboxylic acids is 3. The molecule has 1 heterocycles. The van der Waals surface area contributed by atoms with E-state index in [1.165, 1.54) is 6.92 Å². The standard InChI is InChI=1S/C15H24N4O7S/c1-7(14(24)19-4-2-3-10(19)15(25)26)17-13(23)9(5-11(20)21)18-12(22)8(16)6-27/h7-10,27H,2-6,16H2,1H3,(H,17,23)(H,18,22)(H,20,21)(H,25,26). The Morgan fingerprint density at radius 1 is 1.19 bits per heavy atom. The fourth-order valence-electron chi connectivity index (χ4n) is 2.66. The van der Waals surface area contributed by atoms with Crippen molar-refractivity contribution in [3.05, 3.63) is 0 Å². The minimum Gasteiger partial charge on any atom is -0.481 e. The summed E-state index contributed by atoms with van der Waals surface area (Å²) in [6.45, 7) is 1.61. The summed E-state index contributed by atoms with van der Waals surface area (Å²) in [5.74, 6) is -4.70. The highest BCUT2D eigenvalue weighted by Crippen LogP contribution is 2.18. The van der Waals surface area contributed by atoms with Gasteiger partial charge in [0.1, 0.15) is 18.1 Å². The minimum absolute atomic E-state index is 0.00628. The van der Waals surface area contributed by atoms with Gasteiger partial charge in [-0.3, -0.25) is 19.2 Å². The number of nitrogens with one attached hydrogen (secondary N) is 2. The second-order valence-electron chi connectivity index (χ2n) is 6.21. The quantitative estimate of drug-likeness (QED) is 0.234. The van der Waals surface area contributed by atoms with Crippen molar-refractivity contribution in [1.29, 1.82) is 0 Å². The molecule has 4 unspecified atom stereocenters. The van der Waals surface area contributed by atoms with E-state index in [0.717, 1.165) is 4.90 Å². The van der Waals surface area contributed by atoms with Crippen molar-refractivity contribution in [2.75, 3.05) is 12.3 Å². The molecule has 6 N–H and O–H groups in total. The molecule has 0 saturated carbocycles. The zero-order chi connectivity index (χ0) is 20.7. The molecule has 0 aromatic rings. The van der Waals surface area contributed by atoms with E-state index in [1.54, 1.807) is 0 Å². The van der Waals surface area contributed by atoms with Crippen molar-refractivity contribution in [1.82, 2.24) is 15.5 Å². The molecule has 1 fully saturated rings. The topological polar surface area (TPSA) is 179 Å². The summed E-state index contributed by atoms with van der Waals surface area (Å²) < 4.78 is 0. The number of likely N-dealkylation sites (tertiary alicyclic amines) is 1. The molecule has 1 aliphatic rings. The van der Waals surface area contributed by atoms with E-state index in [2.05, 4.69) is 23.3 Å². The largest absolute Gasteiger partial charge is 0.481 e. The van der Waals surface area contributed by atoms with Crippen molar-refractivity contribution >= 4 is 42.3 Å². The zero-order valence-corrected chi connectivity index (χ0v) is 15.6. The fourth-order valence-corrected chi connectivity index (χ4v) is 2.82. The Labute approximate surface area is 161 Å². The average molecular weight is 404 g/mol. The number of carbonyl (C=O) groups is 5. The molecule has 11 nitrogen and oxygen atoms in total. The first-order chi connectivity index (χ1) is 12.6. The third-order valence-corrected chi connectivity index (χ3v) is 4.49. The molecule has 0 radical (unpaired) electrons. The Bertz CT molecular complexity index is 615. The maximum absolute atomic E-state index is 12.4. The highest BCUT2D eigenvalue weighted by atomic mass is 32.1. The predicted molar refractivity (Wildman–Crippen MR) is 96.0 cm³/mol. The SMILES string of the molecule is CC(NC(=O)C(CC(=O)O)NC(=O)C(N)CS)C(=O)N1CCCC1C(=O)O. The Kier molecular flexibility index (Phi) is 8.50. The molecule has 1 saturated heterocycles. The van der Waals surface area contributed by atoms with Crippen LogP contribution in [0.1, 0.15) is 26.2 Å². The Hall–Kier alpha value is -2.34. The summed E-state index contributed by atoms with van der Waals surface area (Å²) in [5, 5.41) is 22.6. The fraction of sp³-hybridized carbons (Fsp3) is 0.667. The van der Waals surface area contributed by atoms with Gasteiger partial charge in [-0.05, 0) is 19.8 Å². The normalized spacial score (nSPS) is 19.7. The highest BCUT2D eigenvalue weighted by molar-refractivity contribution is 7.80. The minimum atomic E-state index is -1.44. The summed E-state index contributed by atoms with van der Waals surface area (Å²) in [7, 11) is 0. The van der Waals surface area contributed by atoms with Gasteiger partial charge in [0.15, 0.2) is 0 Å². The van der Waals surface area contributed by atoms with Gasteiger partial charge in [-0.1, -0.05) is 0 Å². The maximum atomic E-state index is 12.4. The van der Waals surface area contributed by atoms with Gasteiger partial charge in [-0.2, -0.15) is 12.6 Å². The van der Waals surface area contributed by atoms with Crippen molar-refractivity contribution < 1.29 is 34.2 Å². The molecule has 12 heteroatoms. The van der Waals surface area contributed by atoms with E-state index < -0.39 is 60.2 Å². The van der Waals surface area contributed by atoms with Gasteiger partial charge >= 0.3 is 11.9 Å². The average Bonchev–Trinajstić information content (AvgIpc) is 3.08. The number of nitrogens with zero attached hydrogens (tertiary/aromatic N) is 1. The molecule has 3 amide bonds. The number of amides is 3. The van der Waals surface area contributed by atoms with E-state index >= 15 is 0 Å². The molecule has 27 heavy (non-hydrogen) atoms. The molecule has 152 valence electrons. The summed E-state index contributed by atoms with van der Waals surface area (Å²) >= 11 is 3.86. The number of carboxylic acids is 2. The molecule has 0 aromatic carbocycles. The number of thiol groups is 1. The Balaban J connectivity index is 2.78. The van der Waals surface area contributed by atoms with Crippen LogP contribution in [0.4, 0.5) is 0 Å². The lowest BCUT2D eigenvalue weighted by atomic mass is 10.1. The van der Waals surface area contributed by atoms with Gasteiger partial charge in [0.05, 0.1) is 12.5 Å². The number of hydrogen-bond donors (Lipinski definition) is 6. The van der Waals surface area contributed by atoms with Crippen molar-refractivity contribution in [2.24, 2.45) is 5.73 Å². The van der Waals surface area contributed by atoms with Gasteiger partial charge in [-0.15, -0.1) is 0 Å². The first-order valence-electron chi connectivity index (χ1n) is 8.30. The number of hydrogen-bond acceptors (Lipinski definition) is 7. The van der Waals surface area contributed by atoms with Crippen molar-refractivity contribution in [3.63, 3.8) is 0 Å². The molecular formula is C15H24N4O7S. The van der Waals surface area contributed by atoms with Crippen LogP contribution in [-0.4, -0.2) is 81.2 Å². The monoisotopic (exact) mass is 404 g/mol. The van der Waals surface area contributed by atoms with Crippen molar-refractivity contribution in [3.8, 4) is 0 Å².